The lowest BCUT2D eigenvalue weighted by Gasteiger charge is -2.12. The molecule has 1 aromatic carbocycles. The summed E-state index contributed by atoms with van der Waals surface area (Å²) >= 11 is 0. The van der Waals surface area contributed by atoms with Crippen molar-refractivity contribution in [1.82, 2.24) is 35.1 Å². The molecule has 0 spiro atoms. The maximum Gasteiger partial charge on any atom is 0.225 e. The number of nitrogens with zero attached hydrogens (tertiary/aromatic N) is 7. The van der Waals surface area contributed by atoms with E-state index in [-0.39, 0.29) is 6.04 Å². The van der Waals surface area contributed by atoms with Gasteiger partial charge in [-0.3, -0.25) is 0 Å². The molecule has 1 saturated carbocycles. The van der Waals surface area contributed by atoms with Crippen LogP contribution < -0.4 is 10.1 Å². The monoisotopic (exact) mass is 392 g/mol. The summed E-state index contributed by atoms with van der Waals surface area (Å²) in [6.45, 7) is 1.81. The van der Waals surface area contributed by atoms with Gasteiger partial charge in [-0.25, -0.2) is 4.98 Å². The number of benzene rings is 1. The zero-order valence-corrected chi connectivity index (χ0v) is 16.1. The summed E-state index contributed by atoms with van der Waals surface area (Å²) in [7, 11) is 1.64. The van der Waals surface area contributed by atoms with Crippen LogP contribution in [0.15, 0.2) is 35.0 Å². The van der Waals surface area contributed by atoms with Crippen molar-refractivity contribution >= 4 is 17.1 Å². The number of methoxy groups -OCH3 is 1. The van der Waals surface area contributed by atoms with Crippen molar-refractivity contribution < 1.29 is 9.26 Å². The third-order valence-electron chi connectivity index (χ3n) is 5.18. The molecule has 1 fully saturated rings. The maximum atomic E-state index is 5.21. The lowest BCUT2D eigenvalue weighted by atomic mass is 10.1. The molecule has 0 radical (unpaired) electrons. The fraction of sp³-hybridized carbons (Fsp3) is 0.368. The van der Waals surface area contributed by atoms with Gasteiger partial charge in [-0.1, -0.05) is 10.4 Å². The zero-order chi connectivity index (χ0) is 19.8. The molecular weight excluding hydrogens is 372 g/mol. The van der Waals surface area contributed by atoms with Gasteiger partial charge in [0, 0.05) is 18.9 Å². The van der Waals surface area contributed by atoms with Crippen LogP contribution in [0.5, 0.6) is 5.75 Å². The van der Waals surface area contributed by atoms with Gasteiger partial charge in [0.15, 0.2) is 17.0 Å². The van der Waals surface area contributed by atoms with Crippen molar-refractivity contribution in [1.29, 1.82) is 0 Å². The summed E-state index contributed by atoms with van der Waals surface area (Å²) in [6.07, 6.45) is 4.60. The lowest BCUT2D eigenvalue weighted by Crippen LogP contribution is -2.17. The molecule has 1 N–H and O–H groups in total. The fourth-order valence-electron chi connectivity index (χ4n) is 3.71. The summed E-state index contributed by atoms with van der Waals surface area (Å²) in [5, 5.41) is 15.9. The summed E-state index contributed by atoms with van der Waals surface area (Å²) in [5.41, 5.74) is 2.14. The molecule has 10 heteroatoms. The van der Waals surface area contributed by atoms with Crippen LogP contribution in [0.4, 0.5) is 5.95 Å². The summed E-state index contributed by atoms with van der Waals surface area (Å²) in [6, 6.07) is 7.83. The van der Waals surface area contributed by atoms with Crippen LogP contribution in [0, 0.1) is 6.92 Å². The average Bonchev–Trinajstić information content (AvgIpc) is 3.47. The number of rotatable bonds is 5. The first-order valence-corrected chi connectivity index (χ1v) is 9.49. The number of hydrogen-bond donors (Lipinski definition) is 1. The molecule has 3 aromatic heterocycles. The van der Waals surface area contributed by atoms with Crippen molar-refractivity contribution in [3.05, 3.63) is 42.2 Å². The number of aromatic nitrogens is 7. The highest BCUT2D eigenvalue weighted by Crippen LogP contribution is 2.34. The van der Waals surface area contributed by atoms with E-state index < -0.39 is 0 Å². The van der Waals surface area contributed by atoms with Crippen LogP contribution in [0.1, 0.15) is 36.9 Å². The van der Waals surface area contributed by atoms with E-state index in [0.717, 1.165) is 36.5 Å². The van der Waals surface area contributed by atoms with Gasteiger partial charge in [-0.15, -0.1) is 5.10 Å². The first-order chi connectivity index (χ1) is 14.2. The number of hydrogen-bond acceptors (Lipinski definition) is 9. The van der Waals surface area contributed by atoms with Crippen LogP contribution in [0.2, 0.25) is 0 Å². The molecule has 0 bridgehead atoms. The SMILES string of the molecule is COc1ccc(-n2nnc3cnc(N[C@@H]4CC[C@H](c5noc(C)n5)C4)nc32)cc1. The minimum Gasteiger partial charge on any atom is -0.497 e. The number of ether oxygens (including phenoxy) is 1. The molecule has 3 heterocycles. The Morgan fingerprint density at radius 1 is 1.17 bits per heavy atom. The first-order valence-electron chi connectivity index (χ1n) is 9.49. The van der Waals surface area contributed by atoms with Crippen LogP contribution in [0.25, 0.3) is 16.9 Å². The molecule has 10 nitrogen and oxygen atoms in total. The van der Waals surface area contributed by atoms with E-state index >= 15 is 0 Å². The van der Waals surface area contributed by atoms with Gasteiger partial charge in [0.1, 0.15) is 5.75 Å². The minimum absolute atomic E-state index is 0.251. The first kappa shape index (κ1) is 17.5. The van der Waals surface area contributed by atoms with Crippen molar-refractivity contribution in [2.24, 2.45) is 0 Å². The average molecular weight is 392 g/mol. The second-order valence-electron chi connectivity index (χ2n) is 7.12. The largest absolute Gasteiger partial charge is 0.497 e. The van der Waals surface area contributed by atoms with Crippen molar-refractivity contribution in [2.45, 2.75) is 38.1 Å². The predicted molar refractivity (Wildman–Crippen MR) is 104 cm³/mol. The highest BCUT2D eigenvalue weighted by atomic mass is 16.5. The molecule has 1 aliphatic carbocycles. The molecule has 0 amide bonds. The molecule has 0 unspecified atom stereocenters. The molecule has 0 saturated heterocycles. The maximum absolute atomic E-state index is 5.21. The standard InChI is InChI=1S/C19H20N8O2/c1-11-21-17(25-29-11)12-3-4-13(9-12)22-19-20-10-16-18(23-19)27(26-24-16)14-5-7-15(28-2)8-6-14/h5-8,10,12-13H,3-4,9H2,1-2H3,(H,20,22,23)/t12-,13+/m0/s1. The van der Waals surface area contributed by atoms with E-state index in [1.54, 1.807) is 18.0 Å². The van der Waals surface area contributed by atoms with Gasteiger partial charge >= 0.3 is 0 Å². The van der Waals surface area contributed by atoms with E-state index in [4.69, 9.17) is 9.26 Å². The topological polar surface area (TPSA) is 117 Å². The molecular formula is C19H20N8O2. The zero-order valence-electron chi connectivity index (χ0n) is 16.1. The van der Waals surface area contributed by atoms with E-state index in [2.05, 4.69) is 35.7 Å². The second-order valence-corrected chi connectivity index (χ2v) is 7.12. The van der Waals surface area contributed by atoms with Gasteiger partial charge in [0.2, 0.25) is 11.8 Å². The Morgan fingerprint density at radius 2 is 2.03 bits per heavy atom. The van der Waals surface area contributed by atoms with E-state index in [0.29, 0.717) is 28.9 Å². The normalized spacial score (nSPS) is 19.0. The minimum atomic E-state index is 0.251. The van der Waals surface area contributed by atoms with Gasteiger partial charge in [0.05, 0.1) is 19.0 Å². The van der Waals surface area contributed by atoms with E-state index in [1.165, 1.54) is 0 Å². The molecule has 148 valence electrons. The quantitative estimate of drug-likeness (QED) is 0.547. The Labute approximate surface area is 166 Å². The Balaban J connectivity index is 1.36. The van der Waals surface area contributed by atoms with Crippen LogP contribution >= 0.6 is 0 Å². The van der Waals surface area contributed by atoms with Gasteiger partial charge < -0.3 is 14.6 Å². The Kier molecular flexibility index (Phi) is 4.30. The number of fused-ring (bicyclic) bond motifs is 1. The molecule has 29 heavy (non-hydrogen) atoms. The fourth-order valence-corrected chi connectivity index (χ4v) is 3.71. The lowest BCUT2D eigenvalue weighted by molar-refractivity contribution is 0.383. The second kappa shape index (κ2) is 7.12. The van der Waals surface area contributed by atoms with E-state index in [1.807, 2.05) is 31.2 Å². The predicted octanol–water partition coefficient (Wildman–Crippen LogP) is 2.66. The Morgan fingerprint density at radius 3 is 2.79 bits per heavy atom. The summed E-state index contributed by atoms with van der Waals surface area (Å²) in [5.74, 6) is 3.02. The summed E-state index contributed by atoms with van der Waals surface area (Å²) in [4.78, 5) is 13.4. The van der Waals surface area contributed by atoms with Crippen molar-refractivity contribution in [3.63, 3.8) is 0 Å². The number of nitrogens with one attached hydrogen (secondary N) is 1. The van der Waals surface area contributed by atoms with Gasteiger partial charge in [-0.2, -0.15) is 14.6 Å². The molecule has 5 rings (SSSR count). The highest BCUT2D eigenvalue weighted by molar-refractivity contribution is 5.72. The van der Waals surface area contributed by atoms with Crippen LogP contribution in [0.3, 0.4) is 0 Å². The molecule has 1 aliphatic rings. The highest BCUT2D eigenvalue weighted by Gasteiger charge is 2.29. The van der Waals surface area contributed by atoms with Crippen LogP contribution in [-0.4, -0.2) is 48.3 Å². The van der Waals surface area contributed by atoms with Crippen molar-refractivity contribution in [3.8, 4) is 11.4 Å². The number of anilines is 1. The smallest absolute Gasteiger partial charge is 0.225 e. The molecule has 0 aliphatic heterocycles. The number of aryl methyl sites for hydroxylation is 1. The van der Waals surface area contributed by atoms with Gasteiger partial charge in [-0.05, 0) is 43.5 Å². The molecule has 2 atom stereocenters. The summed E-state index contributed by atoms with van der Waals surface area (Å²) < 4.78 is 12.0. The van der Waals surface area contributed by atoms with Crippen molar-refractivity contribution in [2.75, 3.05) is 12.4 Å². The third kappa shape index (κ3) is 3.37. The molecule has 4 aromatic rings. The van der Waals surface area contributed by atoms with E-state index in [9.17, 15) is 0 Å². The van der Waals surface area contributed by atoms with Gasteiger partial charge in [0.25, 0.3) is 0 Å². The Hall–Kier alpha value is -3.56. The third-order valence-corrected chi connectivity index (χ3v) is 5.18. The Bertz CT molecular complexity index is 1140. The van der Waals surface area contributed by atoms with Crippen LogP contribution in [-0.2, 0) is 0 Å².